The van der Waals surface area contributed by atoms with E-state index in [-0.39, 0.29) is 11.9 Å². The smallest absolute Gasteiger partial charge is 0.308 e. The van der Waals surface area contributed by atoms with Gasteiger partial charge in [-0.2, -0.15) is 0 Å². The van der Waals surface area contributed by atoms with Crippen LogP contribution < -0.4 is 5.32 Å². The van der Waals surface area contributed by atoms with Gasteiger partial charge in [-0.3, -0.25) is 4.79 Å². The number of piperidine rings is 1. The van der Waals surface area contributed by atoms with Gasteiger partial charge in [0.05, 0.1) is 13.0 Å². The molecule has 0 aromatic heterocycles. The summed E-state index contributed by atoms with van der Waals surface area (Å²) < 4.78 is 4.80. The Kier molecular flexibility index (Phi) is 5.17. The number of carbonyl (C=O) groups excluding carboxylic acids is 1. The quantitative estimate of drug-likeness (QED) is 0.672. The molecule has 0 atom stereocenters. The molecule has 0 amide bonds. The van der Waals surface area contributed by atoms with E-state index < -0.39 is 0 Å². The van der Waals surface area contributed by atoms with Crippen LogP contribution in [0.15, 0.2) is 18.2 Å². The van der Waals surface area contributed by atoms with E-state index in [1.165, 1.54) is 18.2 Å². The van der Waals surface area contributed by atoms with E-state index in [2.05, 4.69) is 36.2 Å². The van der Waals surface area contributed by atoms with E-state index in [0.29, 0.717) is 0 Å². The van der Waals surface area contributed by atoms with Crippen molar-refractivity contribution in [2.24, 2.45) is 5.92 Å². The van der Waals surface area contributed by atoms with Gasteiger partial charge in [0.1, 0.15) is 0 Å². The van der Waals surface area contributed by atoms with E-state index in [0.717, 1.165) is 36.7 Å². The lowest BCUT2D eigenvalue weighted by atomic mass is 9.97. The Hall–Kier alpha value is -1.62. The Labute approximate surface area is 131 Å². The second-order valence-corrected chi connectivity index (χ2v) is 5.90. The largest absolute Gasteiger partial charge is 0.469 e. The van der Waals surface area contributed by atoms with Crippen molar-refractivity contribution in [2.45, 2.75) is 26.7 Å². The van der Waals surface area contributed by atoms with Gasteiger partial charge in [-0.05, 0) is 62.2 Å². The average molecular weight is 306 g/mol. The van der Waals surface area contributed by atoms with Crippen LogP contribution in [0.2, 0.25) is 0 Å². The van der Waals surface area contributed by atoms with Crippen molar-refractivity contribution in [3.05, 3.63) is 29.3 Å². The number of nitrogens with zero attached hydrogens (tertiary/aromatic N) is 1. The number of hydrogen-bond acceptors (Lipinski definition) is 3. The first-order chi connectivity index (χ1) is 10.0. The Morgan fingerprint density at radius 1 is 1.29 bits per heavy atom. The standard InChI is InChI=1S/C16H22N2O2S/c1-11-4-5-14(10-12(11)2)17-16(21)18-8-6-13(7-9-18)15(19)20-3/h4-5,10,13H,6-9H2,1-3H3,(H,17,21). The molecule has 4 nitrogen and oxygen atoms in total. The van der Waals surface area contributed by atoms with Crippen LogP contribution in [0.4, 0.5) is 5.69 Å². The molecular weight excluding hydrogens is 284 g/mol. The summed E-state index contributed by atoms with van der Waals surface area (Å²) in [6, 6.07) is 6.22. The van der Waals surface area contributed by atoms with E-state index in [9.17, 15) is 4.79 Å². The van der Waals surface area contributed by atoms with Gasteiger partial charge in [-0.25, -0.2) is 0 Å². The third-order valence-corrected chi connectivity index (χ3v) is 4.44. The van der Waals surface area contributed by atoms with E-state index in [1.807, 2.05) is 6.07 Å². The molecule has 0 unspecified atom stereocenters. The zero-order valence-electron chi connectivity index (χ0n) is 12.8. The summed E-state index contributed by atoms with van der Waals surface area (Å²) in [7, 11) is 1.45. The van der Waals surface area contributed by atoms with Crippen LogP contribution in [-0.4, -0.2) is 36.2 Å². The molecule has 1 aromatic carbocycles. The summed E-state index contributed by atoms with van der Waals surface area (Å²) in [5.74, 6) is -0.0987. The number of esters is 1. The summed E-state index contributed by atoms with van der Waals surface area (Å²) >= 11 is 5.46. The number of nitrogens with one attached hydrogen (secondary N) is 1. The van der Waals surface area contributed by atoms with Crippen molar-refractivity contribution in [1.29, 1.82) is 0 Å². The first kappa shape index (κ1) is 15.8. The lowest BCUT2D eigenvalue weighted by Gasteiger charge is -2.32. The highest BCUT2D eigenvalue weighted by Gasteiger charge is 2.26. The maximum Gasteiger partial charge on any atom is 0.308 e. The number of anilines is 1. The molecule has 0 saturated carbocycles. The van der Waals surface area contributed by atoms with Gasteiger partial charge in [0.25, 0.3) is 0 Å². The van der Waals surface area contributed by atoms with Gasteiger partial charge in [0.15, 0.2) is 5.11 Å². The van der Waals surface area contributed by atoms with Crippen molar-refractivity contribution in [2.75, 3.05) is 25.5 Å². The fourth-order valence-corrected chi connectivity index (χ4v) is 2.81. The number of hydrogen-bond donors (Lipinski definition) is 1. The number of ether oxygens (including phenoxy) is 1. The second-order valence-electron chi connectivity index (χ2n) is 5.51. The molecule has 0 spiro atoms. The zero-order chi connectivity index (χ0) is 15.4. The van der Waals surface area contributed by atoms with Crippen LogP contribution in [0, 0.1) is 19.8 Å². The van der Waals surface area contributed by atoms with E-state index in [4.69, 9.17) is 17.0 Å². The average Bonchev–Trinajstić information content (AvgIpc) is 2.50. The molecule has 1 aromatic rings. The number of rotatable bonds is 2. The number of aryl methyl sites for hydroxylation is 2. The lowest BCUT2D eigenvalue weighted by molar-refractivity contribution is -0.146. The van der Waals surface area contributed by atoms with Crippen molar-refractivity contribution in [3.63, 3.8) is 0 Å². The Balaban J connectivity index is 1.90. The molecule has 1 heterocycles. The molecule has 0 aliphatic carbocycles. The number of methoxy groups -OCH3 is 1. The van der Waals surface area contributed by atoms with Crippen molar-refractivity contribution in [3.8, 4) is 0 Å². The first-order valence-corrected chi connectivity index (χ1v) is 7.63. The predicted octanol–water partition coefficient (Wildman–Crippen LogP) is 2.89. The van der Waals surface area contributed by atoms with Gasteiger partial charge < -0.3 is 15.0 Å². The molecular formula is C16H22N2O2S. The highest BCUT2D eigenvalue weighted by molar-refractivity contribution is 7.80. The first-order valence-electron chi connectivity index (χ1n) is 7.22. The molecule has 1 saturated heterocycles. The monoisotopic (exact) mass is 306 g/mol. The van der Waals surface area contributed by atoms with Crippen molar-refractivity contribution >= 4 is 29.0 Å². The minimum atomic E-state index is -0.109. The predicted molar refractivity (Wildman–Crippen MR) is 88.4 cm³/mol. The van der Waals surface area contributed by atoms with Crippen LogP contribution in [0.3, 0.4) is 0 Å². The van der Waals surface area contributed by atoms with E-state index in [1.54, 1.807) is 0 Å². The van der Waals surface area contributed by atoms with Crippen LogP contribution >= 0.6 is 12.2 Å². The fourth-order valence-electron chi connectivity index (χ4n) is 2.51. The van der Waals surface area contributed by atoms with E-state index >= 15 is 0 Å². The molecule has 114 valence electrons. The molecule has 1 aliphatic heterocycles. The minimum Gasteiger partial charge on any atom is -0.469 e. The summed E-state index contributed by atoms with van der Waals surface area (Å²) in [6.45, 7) is 5.76. The SMILES string of the molecule is COC(=O)C1CCN(C(=S)Nc2ccc(C)c(C)c2)CC1. The van der Waals surface area contributed by atoms with Crippen LogP contribution in [0.25, 0.3) is 0 Å². The molecule has 2 rings (SSSR count). The van der Waals surface area contributed by atoms with Gasteiger partial charge in [-0.15, -0.1) is 0 Å². The lowest BCUT2D eigenvalue weighted by Crippen LogP contribution is -2.42. The van der Waals surface area contributed by atoms with Gasteiger partial charge in [0.2, 0.25) is 0 Å². The molecule has 0 radical (unpaired) electrons. The molecule has 1 N–H and O–H groups in total. The fraction of sp³-hybridized carbons (Fsp3) is 0.500. The van der Waals surface area contributed by atoms with Crippen molar-refractivity contribution in [1.82, 2.24) is 4.90 Å². The second kappa shape index (κ2) is 6.89. The maximum absolute atomic E-state index is 11.5. The third kappa shape index (κ3) is 3.94. The number of carbonyl (C=O) groups is 1. The number of likely N-dealkylation sites (tertiary alicyclic amines) is 1. The maximum atomic E-state index is 11.5. The summed E-state index contributed by atoms with van der Waals surface area (Å²) in [6.07, 6.45) is 1.59. The number of thiocarbonyl (C=S) groups is 1. The van der Waals surface area contributed by atoms with Crippen LogP contribution in [0.5, 0.6) is 0 Å². The zero-order valence-corrected chi connectivity index (χ0v) is 13.6. The van der Waals surface area contributed by atoms with Gasteiger partial charge in [-0.1, -0.05) is 6.07 Å². The topological polar surface area (TPSA) is 41.6 Å². The van der Waals surface area contributed by atoms with Crippen LogP contribution in [0.1, 0.15) is 24.0 Å². The molecule has 1 aliphatic rings. The van der Waals surface area contributed by atoms with Gasteiger partial charge in [0, 0.05) is 18.8 Å². The highest BCUT2D eigenvalue weighted by Crippen LogP contribution is 2.20. The summed E-state index contributed by atoms with van der Waals surface area (Å²) in [4.78, 5) is 13.6. The van der Waals surface area contributed by atoms with Crippen molar-refractivity contribution < 1.29 is 9.53 Å². The Morgan fingerprint density at radius 2 is 1.95 bits per heavy atom. The normalized spacial score (nSPS) is 15.7. The summed E-state index contributed by atoms with van der Waals surface area (Å²) in [5, 5.41) is 4.00. The third-order valence-electron chi connectivity index (χ3n) is 4.07. The minimum absolute atomic E-state index is 0.00988. The molecule has 5 heteroatoms. The molecule has 21 heavy (non-hydrogen) atoms. The molecule has 0 bridgehead atoms. The summed E-state index contributed by atoms with van der Waals surface area (Å²) in [5.41, 5.74) is 3.52. The Bertz CT molecular complexity index is 537. The Morgan fingerprint density at radius 3 is 2.52 bits per heavy atom. The molecule has 1 fully saturated rings. The highest BCUT2D eigenvalue weighted by atomic mass is 32.1. The van der Waals surface area contributed by atoms with Crippen LogP contribution in [-0.2, 0) is 9.53 Å². The number of benzene rings is 1. The van der Waals surface area contributed by atoms with Gasteiger partial charge >= 0.3 is 5.97 Å².